The molecule has 132 valence electrons. The predicted octanol–water partition coefficient (Wildman–Crippen LogP) is 4.73. The highest BCUT2D eigenvalue weighted by Gasteiger charge is 2.40. The first-order valence-electron chi connectivity index (χ1n) is 9.25. The molecule has 0 radical (unpaired) electrons. The lowest BCUT2D eigenvalue weighted by Gasteiger charge is -2.33. The monoisotopic (exact) mass is 380 g/mol. The van der Waals surface area contributed by atoms with E-state index < -0.39 is 0 Å². The second-order valence-corrected chi connectivity index (χ2v) is 7.55. The summed E-state index contributed by atoms with van der Waals surface area (Å²) in [5.74, 6) is 3.26. The lowest BCUT2D eigenvalue weighted by Crippen LogP contribution is -2.57. The summed E-state index contributed by atoms with van der Waals surface area (Å²) in [6, 6.07) is 28.7. The summed E-state index contributed by atoms with van der Waals surface area (Å²) in [5, 5.41) is 0.608. The largest absolute Gasteiger partial charge is 0.458 e. The molecule has 4 aromatic carbocycles. The molecule has 2 aliphatic rings. The van der Waals surface area contributed by atoms with Crippen LogP contribution < -0.4 is 25.9 Å². The van der Waals surface area contributed by atoms with Crippen molar-refractivity contribution < 1.29 is 9.47 Å². The molecule has 2 nitrogen and oxygen atoms in total. The van der Waals surface area contributed by atoms with Crippen LogP contribution >= 0.6 is 11.6 Å². The summed E-state index contributed by atoms with van der Waals surface area (Å²) in [6.07, 6.45) is 0. The van der Waals surface area contributed by atoms with Gasteiger partial charge < -0.3 is 9.47 Å². The van der Waals surface area contributed by atoms with Crippen molar-refractivity contribution in [1.29, 1.82) is 0 Å². The number of hydrogen-bond donors (Lipinski definition) is 0. The Labute approximate surface area is 168 Å². The smallest absolute Gasteiger partial charge is 0.260 e. The third-order valence-electron chi connectivity index (χ3n) is 5.46. The van der Waals surface area contributed by atoms with Crippen LogP contribution in [0.2, 0.25) is 5.02 Å². The third kappa shape index (κ3) is 2.30. The van der Waals surface area contributed by atoms with Gasteiger partial charge in [0.1, 0.15) is 23.0 Å². The molecule has 0 fully saturated rings. The third-order valence-corrected chi connectivity index (χ3v) is 5.67. The lowest BCUT2D eigenvalue weighted by atomic mass is 9.35. The van der Waals surface area contributed by atoms with E-state index in [1.165, 1.54) is 11.1 Å². The summed E-state index contributed by atoms with van der Waals surface area (Å²) in [4.78, 5) is 0. The van der Waals surface area contributed by atoms with Crippen LogP contribution in [0.15, 0.2) is 84.9 Å². The molecular weight excluding hydrogens is 367 g/mol. The quantitative estimate of drug-likeness (QED) is 0.384. The van der Waals surface area contributed by atoms with E-state index in [0.29, 0.717) is 5.02 Å². The van der Waals surface area contributed by atoms with E-state index in [-0.39, 0.29) is 6.71 Å². The van der Waals surface area contributed by atoms with Crippen molar-refractivity contribution in [2.75, 3.05) is 0 Å². The van der Waals surface area contributed by atoms with Crippen molar-refractivity contribution in [3.05, 3.63) is 90.0 Å². The van der Waals surface area contributed by atoms with E-state index in [4.69, 9.17) is 21.1 Å². The number of hydrogen-bond acceptors (Lipinski definition) is 2. The minimum Gasteiger partial charge on any atom is -0.458 e. The fraction of sp³-hybridized carbons (Fsp3) is 0. The molecule has 4 aromatic rings. The molecule has 4 heteroatoms. The molecule has 0 aliphatic carbocycles. The first-order valence-corrected chi connectivity index (χ1v) is 9.63. The van der Waals surface area contributed by atoms with Crippen LogP contribution in [0.5, 0.6) is 23.0 Å². The Bertz CT molecular complexity index is 1220. The maximum absolute atomic E-state index is 6.33. The van der Waals surface area contributed by atoms with E-state index in [9.17, 15) is 0 Å². The number of halogens is 1. The van der Waals surface area contributed by atoms with Crippen LogP contribution in [-0.2, 0) is 0 Å². The van der Waals surface area contributed by atoms with Gasteiger partial charge in [0, 0.05) is 10.5 Å². The van der Waals surface area contributed by atoms with E-state index in [1.807, 2.05) is 30.3 Å². The van der Waals surface area contributed by atoms with E-state index in [2.05, 4.69) is 54.6 Å². The van der Waals surface area contributed by atoms with Gasteiger partial charge in [-0.05, 0) is 46.3 Å². The van der Waals surface area contributed by atoms with E-state index in [0.717, 1.165) is 39.4 Å². The Hall–Kier alpha value is -3.17. The first kappa shape index (κ1) is 15.9. The Morgan fingerprint density at radius 3 is 2.04 bits per heavy atom. The van der Waals surface area contributed by atoms with Crippen molar-refractivity contribution >= 4 is 34.7 Å². The molecule has 0 atom stereocenters. The van der Waals surface area contributed by atoms with Crippen molar-refractivity contribution in [3.8, 4) is 34.1 Å². The molecule has 0 N–H and O–H groups in total. The second-order valence-electron chi connectivity index (χ2n) is 7.11. The summed E-state index contributed by atoms with van der Waals surface area (Å²) >= 11 is 6.33. The number of ether oxygens (including phenoxy) is 2. The zero-order valence-corrected chi connectivity index (χ0v) is 15.6. The van der Waals surface area contributed by atoms with Crippen LogP contribution in [0, 0.1) is 0 Å². The maximum Gasteiger partial charge on any atom is 0.260 e. The van der Waals surface area contributed by atoms with Gasteiger partial charge in [-0.25, -0.2) is 0 Å². The molecule has 0 unspecified atom stereocenters. The lowest BCUT2D eigenvalue weighted by molar-refractivity contribution is 0.464. The molecule has 28 heavy (non-hydrogen) atoms. The number of para-hydroxylation sites is 1. The zero-order chi connectivity index (χ0) is 18.7. The first-order chi connectivity index (χ1) is 13.8. The number of fused-ring (bicyclic) bond motifs is 4. The Kier molecular flexibility index (Phi) is 3.35. The summed E-state index contributed by atoms with van der Waals surface area (Å²) < 4.78 is 12.4. The van der Waals surface area contributed by atoms with Crippen LogP contribution in [-0.4, -0.2) is 6.71 Å². The van der Waals surface area contributed by atoms with Gasteiger partial charge in [-0.15, -0.1) is 0 Å². The van der Waals surface area contributed by atoms with Gasteiger partial charge >= 0.3 is 0 Å². The highest BCUT2D eigenvalue weighted by molar-refractivity contribution is 6.98. The van der Waals surface area contributed by atoms with Gasteiger partial charge in [0.15, 0.2) is 0 Å². The summed E-state index contributed by atoms with van der Waals surface area (Å²) in [6.45, 7) is 0.0552. The Morgan fingerprint density at radius 2 is 1.25 bits per heavy atom. The molecule has 0 aromatic heterocycles. The highest BCUT2D eigenvalue weighted by atomic mass is 35.5. The molecule has 0 saturated heterocycles. The molecule has 0 spiro atoms. The van der Waals surface area contributed by atoms with Crippen molar-refractivity contribution in [2.45, 2.75) is 0 Å². The van der Waals surface area contributed by atoms with Crippen molar-refractivity contribution in [3.63, 3.8) is 0 Å². The predicted molar refractivity (Wildman–Crippen MR) is 115 cm³/mol. The normalized spacial score (nSPS) is 13.0. The second kappa shape index (κ2) is 5.92. The SMILES string of the molecule is Clc1cc2c3c(c1)Oc1ccc(-c4ccccc4)cc1B3c1ccccc1O2. The molecule has 0 saturated carbocycles. The van der Waals surface area contributed by atoms with Gasteiger partial charge in [-0.3, -0.25) is 0 Å². The van der Waals surface area contributed by atoms with Crippen LogP contribution in [0.25, 0.3) is 11.1 Å². The van der Waals surface area contributed by atoms with Crippen molar-refractivity contribution in [1.82, 2.24) is 0 Å². The van der Waals surface area contributed by atoms with Crippen molar-refractivity contribution in [2.24, 2.45) is 0 Å². The molecule has 2 aliphatic heterocycles. The fourth-order valence-electron chi connectivity index (χ4n) is 4.23. The Morgan fingerprint density at radius 1 is 0.571 bits per heavy atom. The highest BCUT2D eigenvalue weighted by Crippen LogP contribution is 2.37. The molecule has 2 heterocycles. The van der Waals surface area contributed by atoms with Crippen LogP contribution in [0.3, 0.4) is 0 Å². The van der Waals surface area contributed by atoms with Crippen LogP contribution in [0.1, 0.15) is 0 Å². The average Bonchev–Trinajstić information content (AvgIpc) is 2.73. The van der Waals surface area contributed by atoms with Gasteiger partial charge in [0.05, 0.1) is 0 Å². The van der Waals surface area contributed by atoms with E-state index >= 15 is 0 Å². The average molecular weight is 381 g/mol. The standard InChI is InChI=1S/C24H14BClO2/c26-17-13-22-24-23(14-17)28-21-11-10-16(15-6-2-1-3-7-15)12-19(21)25(24)18-8-4-5-9-20(18)27-22/h1-14H. The zero-order valence-electron chi connectivity index (χ0n) is 14.9. The molecule has 0 bridgehead atoms. The van der Waals surface area contributed by atoms with Gasteiger partial charge in [-0.2, -0.15) is 0 Å². The molecule has 6 rings (SSSR count). The molecular formula is C24H14BClO2. The number of benzene rings is 4. The summed E-state index contributed by atoms with van der Waals surface area (Å²) in [5.41, 5.74) is 5.70. The van der Waals surface area contributed by atoms with Crippen LogP contribution in [0.4, 0.5) is 0 Å². The molecule has 0 amide bonds. The minimum absolute atomic E-state index is 0.0552. The topological polar surface area (TPSA) is 18.5 Å². The fourth-order valence-corrected chi connectivity index (χ4v) is 4.43. The van der Waals surface area contributed by atoms with Gasteiger partial charge in [0.25, 0.3) is 6.71 Å². The Balaban J connectivity index is 1.62. The minimum atomic E-state index is 0.0552. The van der Waals surface area contributed by atoms with E-state index in [1.54, 1.807) is 0 Å². The van der Waals surface area contributed by atoms with Gasteiger partial charge in [-0.1, -0.05) is 72.3 Å². The number of rotatable bonds is 1. The maximum atomic E-state index is 6.33. The summed E-state index contributed by atoms with van der Waals surface area (Å²) in [7, 11) is 0. The van der Waals surface area contributed by atoms with Gasteiger partial charge in [0.2, 0.25) is 0 Å².